The van der Waals surface area contributed by atoms with Gasteiger partial charge in [-0.3, -0.25) is 0 Å². The molecule has 1 heterocycles. The van der Waals surface area contributed by atoms with E-state index in [1.54, 1.807) is 0 Å². The van der Waals surface area contributed by atoms with Gasteiger partial charge in [0.15, 0.2) is 0 Å². The lowest BCUT2D eigenvalue weighted by atomic mass is 10.1. The zero-order chi connectivity index (χ0) is 11.0. The van der Waals surface area contributed by atoms with Gasteiger partial charge in [0.1, 0.15) is 5.69 Å². The maximum Gasteiger partial charge on any atom is 0.127 e. The molecule has 4 heteroatoms. The van der Waals surface area contributed by atoms with Gasteiger partial charge in [-0.2, -0.15) is 0 Å². The lowest BCUT2D eigenvalue weighted by molar-refractivity contribution is 0.264. The van der Waals surface area contributed by atoms with Crippen molar-refractivity contribution in [2.24, 2.45) is 0 Å². The minimum atomic E-state index is 0.770. The molecule has 3 aromatic rings. The van der Waals surface area contributed by atoms with Crippen molar-refractivity contribution in [3.63, 3.8) is 0 Å². The van der Waals surface area contributed by atoms with Crippen LogP contribution in [-0.2, 0) is 0 Å². The first-order valence-corrected chi connectivity index (χ1v) is 4.94. The normalized spacial score (nSPS) is 10.8. The van der Waals surface area contributed by atoms with E-state index in [1.165, 1.54) is 4.91 Å². The maximum absolute atomic E-state index is 5.64. The molecule has 16 heavy (non-hydrogen) atoms. The van der Waals surface area contributed by atoms with E-state index < -0.39 is 0 Å². The van der Waals surface area contributed by atoms with Crippen LogP contribution >= 0.6 is 0 Å². The van der Waals surface area contributed by atoms with E-state index in [-0.39, 0.29) is 0 Å². The number of rotatable bonds is 2. The predicted molar refractivity (Wildman–Crippen MR) is 60.1 cm³/mol. The van der Waals surface area contributed by atoms with Gasteiger partial charge in [0.25, 0.3) is 0 Å². The lowest BCUT2D eigenvalue weighted by Crippen LogP contribution is -1.85. The second-order valence-electron chi connectivity index (χ2n) is 3.58. The fourth-order valence-corrected chi connectivity index (χ4v) is 1.55. The van der Waals surface area contributed by atoms with Crippen molar-refractivity contribution in [3.05, 3.63) is 48.5 Å². The molecule has 0 radical (unpaired) electrons. The summed E-state index contributed by atoms with van der Waals surface area (Å²) in [5.41, 5.74) is 9.54. The molecule has 0 amide bonds. The topological polar surface area (TPSA) is 57.2 Å². The van der Waals surface area contributed by atoms with Crippen LogP contribution in [-0.4, -0.2) is 4.91 Å². The van der Waals surface area contributed by atoms with Crippen LogP contribution in [0, 0.1) is 0 Å². The van der Waals surface area contributed by atoms with Gasteiger partial charge < -0.3 is 5.73 Å². The van der Waals surface area contributed by atoms with Crippen LogP contribution in [0.25, 0.3) is 16.8 Å². The number of aromatic nitrogens is 1. The third kappa shape index (κ3) is 1.61. The van der Waals surface area contributed by atoms with Crippen molar-refractivity contribution in [3.8, 4) is 16.8 Å². The van der Waals surface area contributed by atoms with Crippen molar-refractivity contribution in [2.75, 3.05) is 5.73 Å². The van der Waals surface area contributed by atoms with E-state index in [2.05, 4.69) is 9.36 Å². The van der Waals surface area contributed by atoms with Crippen LogP contribution in [0.3, 0.4) is 0 Å². The average molecular weight is 214 g/mol. The maximum atomic E-state index is 5.64. The molecule has 2 aromatic carbocycles. The largest absolute Gasteiger partial charge is 0.399 e. The predicted octanol–water partition coefficient (Wildman–Crippen LogP) is 2.91. The van der Waals surface area contributed by atoms with Crippen molar-refractivity contribution in [1.82, 2.24) is 4.91 Å². The minimum Gasteiger partial charge on any atom is -0.399 e. The Labute approximate surface area is 91.7 Å². The summed E-state index contributed by atoms with van der Waals surface area (Å²) in [6, 6.07) is 15.6. The first-order valence-electron chi connectivity index (χ1n) is 4.94. The molecule has 0 spiro atoms. The number of benzene rings is 2. The molecular formula is C12H10N2O2. The Kier molecular flexibility index (Phi) is 1.86. The van der Waals surface area contributed by atoms with Crippen LogP contribution in [0.2, 0.25) is 0 Å². The van der Waals surface area contributed by atoms with Gasteiger partial charge >= 0.3 is 0 Å². The average Bonchev–Trinajstić information content (AvgIpc) is 3.14. The van der Waals surface area contributed by atoms with Crippen molar-refractivity contribution in [2.45, 2.75) is 0 Å². The highest BCUT2D eigenvalue weighted by atomic mass is 17.3. The second kappa shape index (κ2) is 3.34. The quantitative estimate of drug-likeness (QED) is 0.527. The number of nitrogen functional groups attached to an aromatic ring is 1. The third-order valence-corrected chi connectivity index (χ3v) is 2.47. The highest BCUT2D eigenvalue weighted by Crippen LogP contribution is 2.22. The Balaban J connectivity index is 1.95. The molecule has 0 aliphatic rings. The Morgan fingerprint density at radius 3 is 1.75 bits per heavy atom. The van der Waals surface area contributed by atoms with Crippen LogP contribution in [0.5, 0.6) is 0 Å². The fourth-order valence-electron chi connectivity index (χ4n) is 1.55. The molecular weight excluding hydrogens is 204 g/mol. The Bertz CT molecular complexity index is 561. The van der Waals surface area contributed by atoms with Crippen molar-refractivity contribution < 1.29 is 9.36 Å². The summed E-state index contributed by atoms with van der Waals surface area (Å²) in [7, 11) is 0. The molecule has 1 aromatic heterocycles. The van der Waals surface area contributed by atoms with E-state index in [1.807, 2.05) is 48.5 Å². The van der Waals surface area contributed by atoms with Crippen LogP contribution < -0.4 is 5.73 Å². The third-order valence-electron chi connectivity index (χ3n) is 2.47. The summed E-state index contributed by atoms with van der Waals surface area (Å²) < 4.78 is 9.15. The summed E-state index contributed by atoms with van der Waals surface area (Å²) >= 11 is 0. The number of hydrogen-bond acceptors (Lipinski definition) is 3. The molecule has 0 saturated heterocycles. The molecule has 3 rings (SSSR count). The number of hydrogen-bond donors (Lipinski definition) is 1. The number of anilines is 1. The molecule has 4 nitrogen and oxygen atoms in total. The van der Waals surface area contributed by atoms with Gasteiger partial charge in [-0.05, 0) is 35.4 Å². The Morgan fingerprint density at radius 1 is 0.750 bits per heavy atom. The van der Waals surface area contributed by atoms with Gasteiger partial charge in [0.05, 0.1) is 4.91 Å². The van der Waals surface area contributed by atoms with Crippen molar-refractivity contribution >= 4 is 5.69 Å². The summed E-state index contributed by atoms with van der Waals surface area (Å²) in [6.07, 6.45) is 0. The van der Waals surface area contributed by atoms with Crippen LogP contribution in [0.4, 0.5) is 5.69 Å². The minimum absolute atomic E-state index is 0.770. The molecule has 0 saturated carbocycles. The number of nitrogens with zero attached hydrogens (tertiary/aromatic N) is 1. The smallest absolute Gasteiger partial charge is 0.127 e. The second-order valence-corrected chi connectivity index (χ2v) is 3.58. The first kappa shape index (κ1) is 8.91. The highest BCUT2D eigenvalue weighted by molar-refractivity contribution is 5.66. The van der Waals surface area contributed by atoms with E-state index in [0.29, 0.717) is 0 Å². The molecule has 2 N–H and O–H groups in total. The summed E-state index contributed by atoms with van der Waals surface area (Å²) in [6.45, 7) is 0. The van der Waals surface area contributed by atoms with E-state index >= 15 is 0 Å². The zero-order valence-electron chi connectivity index (χ0n) is 8.46. The first-order chi connectivity index (χ1) is 7.83. The van der Waals surface area contributed by atoms with Crippen molar-refractivity contribution in [1.29, 1.82) is 0 Å². The van der Waals surface area contributed by atoms with Gasteiger partial charge in [-0.15, -0.1) is 9.36 Å². The van der Waals surface area contributed by atoms with Crippen LogP contribution in [0.1, 0.15) is 0 Å². The Morgan fingerprint density at radius 2 is 1.25 bits per heavy atom. The monoisotopic (exact) mass is 214 g/mol. The lowest BCUT2D eigenvalue weighted by Gasteiger charge is -2.01. The van der Waals surface area contributed by atoms with E-state index in [4.69, 9.17) is 5.73 Å². The van der Waals surface area contributed by atoms with E-state index in [9.17, 15) is 0 Å². The Hall–Kier alpha value is -2.36. The zero-order valence-corrected chi connectivity index (χ0v) is 8.46. The number of nitrogens with two attached hydrogens (primary N) is 1. The summed E-state index contributed by atoms with van der Waals surface area (Å²) in [5, 5.41) is 0. The summed E-state index contributed by atoms with van der Waals surface area (Å²) in [4.78, 5) is 1.34. The molecule has 0 fully saturated rings. The molecule has 0 aliphatic carbocycles. The molecule has 0 aliphatic heterocycles. The summed E-state index contributed by atoms with van der Waals surface area (Å²) in [5.74, 6) is 0. The SMILES string of the molecule is Nc1ccc(-c2ccc(-n3oo3)cc2)cc1. The fraction of sp³-hybridized carbons (Fsp3) is 0. The van der Waals surface area contributed by atoms with Gasteiger partial charge in [0.2, 0.25) is 0 Å². The van der Waals surface area contributed by atoms with Gasteiger partial charge in [-0.25, -0.2) is 0 Å². The molecule has 0 atom stereocenters. The van der Waals surface area contributed by atoms with Gasteiger partial charge in [-0.1, -0.05) is 24.3 Å². The molecule has 0 unspecified atom stereocenters. The van der Waals surface area contributed by atoms with Crippen LogP contribution in [0.15, 0.2) is 57.9 Å². The highest BCUT2D eigenvalue weighted by Gasteiger charge is 2.06. The molecule has 0 bridgehead atoms. The van der Waals surface area contributed by atoms with E-state index in [0.717, 1.165) is 22.5 Å². The molecule has 80 valence electrons. The standard InChI is InChI=1S/C12H10N2O2/c13-11-5-1-9(2-6-11)10-3-7-12(8-4-10)14-15-16-14/h1-8H,13H2. The van der Waals surface area contributed by atoms with Gasteiger partial charge in [0, 0.05) is 5.69 Å².